The van der Waals surface area contributed by atoms with Gasteiger partial charge in [-0.3, -0.25) is 0 Å². The molecule has 1 saturated heterocycles. The van der Waals surface area contributed by atoms with Gasteiger partial charge < -0.3 is 4.74 Å². The van der Waals surface area contributed by atoms with Crippen LogP contribution in [0.25, 0.3) is 0 Å². The van der Waals surface area contributed by atoms with Crippen molar-refractivity contribution >= 4 is 10.0 Å². The number of hydrogen-bond acceptors (Lipinski definition) is 3. The van der Waals surface area contributed by atoms with Crippen molar-refractivity contribution in [3.8, 4) is 0 Å². The highest BCUT2D eigenvalue weighted by Crippen LogP contribution is 2.25. The molecule has 0 aliphatic carbocycles. The topological polar surface area (TPSA) is 46.6 Å². The smallest absolute Gasteiger partial charge is 0.213 e. The Hall–Kier alpha value is -0.130. The Balaban J connectivity index is 2.61. The minimum Gasteiger partial charge on any atom is -0.375 e. The third-order valence-electron chi connectivity index (χ3n) is 2.70. The fraction of sp³-hybridized carbons (Fsp3) is 1.00. The molecule has 1 atom stereocenters. The van der Waals surface area contributed by atoms with Gasteiger partial charge in [0.15, 0.2) is 0 Å². The summed E-state index contributed by atoms with van der Waals surface area (Å²) in [4.78, 5) is 0. The van der Waals surface area contributed by atoms with E-state index < -0.39 is 10.0 Å². The zero-order valence-electron chi connectivity index (χ0n) is 10.7. The second kappa shape index (κ2) is 5.02. The molecule has 1 aliphatic heterocycles. The highest BCUT2D eigenvalue weighted by molar-refractivity contribution is 7.89. The predicted octanol–water partition coefficient (Wildman–Crippen LogP) is 1.47. The molecule has 1 fully saturated rings. The van der Waals surface area contributed by atoms with E-state index in [-0.39, 0.29) is 17.3 Å². The van der Waals surface area contributed by atoms with Gasteiger partial charge in [-0.2, -0.15) is 4.31 Å². The van der Waals surface area contributed by atoms with Gasteiger partial charge in [-0.05, 0) is 18.8 Å². The van der Waals surface area contributed by atoms with Gasteiger partial charge in [0.1, 0.15) is 0 Å². The monoisotopic (exact) mass is 249 g/mol. The summed E-state index contributed by atoms with van der Waals surface area (Å²) in [5, 5.41) is 0. The first-order valence-corrected chi connectivity index (χ1v) is 7.45. The minimum atomic E-state index is -3.06. The van der Waals surface area contributed by atoms with Crippen LogP contribution in [0, 0.1) is 5.41 Å². The van der Waals surface area contributed by atoms with Gasteiger partial charge >= 0.3 is 0 Å². The lowest BCUT2D eigenvalue weighted by atomic mass is 9.89. The maximum Gasteiger partial charge on any atom is 0.213 e. The van der Waals surface area contributed by atoms with Crippen LogP contribution in [0.1, 0.15) is 34.1 Å². The first-order valence-electron chi connectivity index (χ1n) is 5.84. The van der Waals surface area contributed by atoms with Crippen LogP contribution >= 0.6 is 0 Å². The fourth-order valence-corrected chi connectivity index (χ4v) is 3.05. The summed E-state index contributed by atoms with van der Waals surface area (Å²) in [6.45, 7) is 9.63. The van der Waals surface area contributed by atoms with Crippen molar-refractivity contribution < 1.29 is 13.2 Å². The largest absolute Gasteiger partial charge is 0.375 e. The average molecular weight is 249 g/mol. The molecule has 0 radical (unpaired) electrons. The maximum atomic E-state index is 11.7. The van der Waals surface area contributed by atoms with E-state index in [4.69, 9.17) is 4.74 Å². The van der Waals surface area contributed by atoms with Gasteiger partial charge in [0, 0.05) is 13.1 Å². The molecule has 0 aromatic heterocycles. The molecule has 0 unspecified atom stereocenters. The van der Waals surface area contributed by atoms with Crippen molar-refractivity contribution in [1.82, 2.24) is 4.31 Å². The van der Waals surface area contributed by atoms with Gasteiger partial charge in [-0.15, -0.1) is 0 Å². The summed E-state index contributed by atoms with van der Waals surface area (Å²) < 4.78 is 30.7. The molecule has 1 heterocycles. The number of hydrogen-bond donors (Lipinski definition) is 0. The molecular weight excluding hydrogens is 226 g/mol. The molecule has 0 aromatic rings. The zero-order valence-corrected chi connectivity index (χ0v) is 11.5. The summed E-state index contributed by atoms with van der Waals surface area (Å²) in [6.07, 6.45) is 0.929. The molecule has 0 aromatic carbocycles. The van der Waals surface area contributed by atoms with Gasteiger partial charge in [0.2, 0.25) is 10.0 Å². The highest BCUT2D eigenvalue weighted by atomic mass is 32.2. The van der Waals surface area contributed by atoms with Crippen LogP contribution in [0.3, 0.4) is 0 Å². The third kappa shape index (κ3) is 4.03. The Morgan fingerprint density at radius 1 is 1.38 bits per heavy atom. The van der Waals surface area contributed by atoms with Gasteiger partial charge in [-0.25, -0.2) is 8.42 Å². The molecule has 0 spiro atoms. The first kappa shape index (κ1) is 13.9. The molecular formula is C11H23NO3S. The second-order valence-corrected chi connectivity index (χ2v) is 7.77. The molecule has 0 saturated carbocycles. The van der Waals surface area contributed by atoms with Crippen molar-refractivity contribution in [2.24, 2.45) is 5.41 Å². The van der Waals surface area contributed by atoms with Crippen LogP contribution in [0.5, 0.6) is 0 Å². The van der Waals surface area contributed by atoms with E-state index in [1.807, 2.05) is 0 Å². The van der Waals surface area contributed by atoms with Crippen molar-refractivity contribution in [2.75, 3.05) is 25.4 Å². The van der Waals surface area contributed by atoms with E-state index in [0.29, 0.717) is 19.7 Å². The number of ether oxygens (including phenoxy) is 1. The van der Waals surface area contributed by atoms with Crippen LogP contribution in [0.2, 0.25) is 0 Å². The van der Waals surface area contributed by atoms with E-state index in [9.17, 15) is 8.42 Å². The molecule has 1 rings (SSSR count). The van der Waals surface area contributed by atoms with Crippen molar-refractivity contribution in [2.45, 2.75) is 40.2 Å². The lowest BCUT2D eigenvalue weighted by Gasteiger charge is -2.35. The Labute approximate surface area is 99.0 Å². The second-order valence-electron chi connectivity index (χ2n) is 5.52. The molecule has 96 valence electrons. The Morgan fingerprint density at radius 2 is 2.00 bits per heavy atom. The third-order valence-corrected chi connectivity index (χ3v) is 4.55. The fourth-order valence-electron chi connectivity index (χ4n) is 1.93. The van der Waals surface area contributed by atoms with Gasteiger partial charge in [-0.1, -0.05) is 20.8 Å². The standard InChI is InChI=1S/C11H23NO3S/c1-5-16(13,14)12-6-7-15-10(9-12)8-11(2,3)4/h10H,5-9H2,1-4H3/t10-/m0/s1. The SMILES string of the molecule is CCS(=O)(=O)N1CCO[C@@H](CC(C)(C)C)C1. The summed E-state index contributed by atoms with van der Waals surface area (Å²) in [7, 11) is -3.06. The number of rotatable bonds is 3. The quantitative estimate of drug-likeness (QED) is 0.761. The summed E-state index contributed by atoms with van der Waals surface area (Å²) >= 11 is 0. The molecule has 5 heteroatoms. The summed E-state index contributed by atoms with van der Waals surface area (Å²) in [5.41, 5.74) is 0.170. The van der Waals surface area contributed by atoms with E-state index in [1.165, 1.54) is 0 Å². The Kier molecular flexibility index (Phi) is 4.37. The molecule has 16 heavy (non-hydrogen) atoms. The van der Waals surface area contributed by atoms with E-state index in [0.717, 1.165) is 6.42 Å². The molecule has 0 N–H and O–H groups in total. The van der Waals surface area contributed by atoms with E-state index >= 15 is 0 Å². The van der Waals surface area contributed by atoms with Gasteiger partial charge in [0.25, 0.3) is 0 Å². The Morgan fingerprint density at radius 3 is 2.50 bits per heavy atom. The minimum absolute atomic E-state index is 0.0371. The summed E-state index contributed by atoms with van der Waals surface area (Å²) in [5.74, 6) is 0.176. The van der Waals surface area contributed by atoms with Crippen LogP contribution in [-0.2, 0) is 14.8 Å². The van der Waals surface area contributed by atoms with Crippen LogP contribution in [0.4, 0.5) is 0 Å². The first-order chi connectivity index (χ1) is 7.24. The van der Waals surface area contributed by atoms with Crippen molar-refractivity contribution in [1.29, 1.82) is 0 Å². The lowest BCUT2D eigenvalue weighted by Crippen LogP contribution is -2.47. The molecule has 1 aliphatic rings. The lowest BCUT2D eigenvalue weighted by molar-refractivity contribution is -0.0216. The van der Waals surface area contributed by atoms with Gasteiger partial charge in [0.05, 0.1) is 18.5 Å². The highest BCUT2D eigenvalue weighted by Gasteiger charge is 2.30. The number of morpholine rings is 1. The Bertz CT molecular complexity index is 319. The number of sulfonamides is 1. The zero-order chi connectivity index (χ0) is 12.4. The summed E-state index contributed by atoms with van der Waals surface area (Å²) in [6, 6.07) is 0. The van der Waals surface area contributed by atoms with E-state index in [1.54, 1.807) is 11.2 Å². The molecule has 4 nitrogen and oxygen atoms in total. The average Bonchev–Trinajstić information content (AvgIpc) is 2.15. The number of nitrogens with zero attached hydrogens (tertiary/aromatic N) is 1. The van der Waals surface area contributed by atoms with E-state index in [2.05, 4.69) is 20.8 Å². The molecule has 0 bridgehead atoms. The van der Waals surface area contributed by atoms with Crippen molar-refractivity contribution in [3.05, 3.63) is 0 Å². The van der Waals surface area contributed by atoms with Crippen LogP contribution in [-0.4, -0.2) is 44.3 Å². The maximum absolute atomic E-state index is 11.7. The normalized spacial score (nSPS) is 24.6. The van der Waals surface area contributed by atoms with Crippen LogP contribution in [0.15, 0.2) is 0 Å². The van der Waals surface area contributed by atoms with Crippen molar-refractivity contribution in [3.63, 3.8) is 0 Å². The predicted molar refractivity (Wildman–Crippen MR) is 64.8 cm³/mol. The van der Waals surface area contributed by atoms with Crippen LogP contribution < -0.4 is 0 Å². The molecule has 0 amide bonds.